The van der Waals surface area contributed by atoms with Gasteiger partial charge < -0.3 is 15.6 Å². The molecule has 1 unspecified atom stereocenters. The van der Waals surface area contributed by atoms with Gasteiger partial charge in [0.2, 0.25) is 0 Å². The quantitative estimate of drug-likeness (QED) is 0.757. The molecule has 0 aromatic rings. The number of hydrogen-bond donors (Lipinski definition) is 2. The second-order valence-corrected chi connectivity index (χ2v) is 6.60. The van der Waals surface area contributed by atoms with Crippen molar-refractivity contribution in [2.45, 2.75) is 64.6 Å². The van der Waals surface area contributed by atoms with E-state index >= 15 is 0 Å². The summed E-state index contributed by atoms with van der Waals surface area (Å²) in [5.41, 5.74) is 3.70. The van der Waals surface area contributed by atoms with Crippen LogP contribution >= 0.6 is 0 Å². The molecule has 0 bridgehead atoms. The van der Waals surface area contributed by atoms with Gasteiger partial charge in [0.15, 0.2) is 5.60 Å². The summed E-state index contributed by atoms with van der Waals surface area (Å²) in [6.07, 6.45) is 3.66. The molecule has 1 aliphatic rings. The van der Waals surface area contributed by atoms with Crippen molar-refractivity contribution in [3.63, 3.8) is 0 Å². The highest BCUT2D eigenvalue weighted by Gasteiger charge is 2.43. The van der Waals surface area contributed by atoms with E-state index in [1.165, 1.54) is 0 Å². The fourth-order valence-electron chi connectivity index (χ4n) is 2.51. The van der Waals surface area contributed by atoms with Gasteiger partial charge >= 0.3 is 5.97 Å². The van der Waals surface area contributed by atoms with Crippen molar-refractivity contribution < 1.29 is 14.6 Å². The topological polar surface area (TPSA) is 72.5 Å². The van der Waals surface area contributed by atoms with E-state index in [1.54, 1.807) is 6.92 Å². The molecule has 106 valence electrons. The molecule has 0 aromatic carbocycles. The molecule has 1 aliphatic carbocycles. The normalized spacial score (nSPS) is 28.6. The Morgan fingerprint density at radius 3 is 2.11 bits per heavy atom. The summed E-state index contributed by atoms with van der Waals surface area (Å²) in [6.45, 7) is 7.71. The molecule has 3 N–H and O–H groups in total. The fourth-order valence-corrected chi connectivity index (χ4v) is 2.51. The highest BCUT2D eigenvalue weighted by atomic mass is 16.6. The lowest BCUT2D eigenvalue weighted by atomic mass is 9.74. The molecule has 0 aliphatic heterocycles. The van der Waals surface area contributed by atoms with Crippen LogP contribution in [0, 0.1) is 11.8 Å². The molecule has 4 nitrogen and oxygen atoms in total. The van der Waals surface area contributed by atoms with E-state index in [9.17, 15) is 9.90 Å². The predicted octanol–water partition coefficient (Wildman–Crippen LogP) is 1.84. The Bertz CT molecular complexity index is 286. The second kappa shape index (κ2) is 5.57. The van der Waals surface area contributed by atoms with Crippen LogP contribution in [-0.2, 0) is 9.53 Å². The predicted molar refractivity (Wildman–Crippen MR) is 71.0 cm³/mol. The molecule has 0 amide bonds. The standard InChI is InChI=1S/C14H27NO3/c1-13(2,3)18-12(16)14(4,17)11-7-5-10(9-15)6-8-11/h10-11,17H,5-9,15H2,1-4H3. The van der Waals surface area contributed by atoms with Crippen molar-refractivity contribution in [2.75, 3.05) is 6.54 Å². The zero-order valence-corrected chi connectivity index (χ0v) is 12.0. The zero-order valence-electron chi connectivity index (χ0n) is 12.0. The van der Waals surface area contributed by atoms with Crippen LogP contribution in [0.2, 0.25) is 0 Å². The van der Waals surface area contributed by atoms with Crippen molar-refractivity contribution in [1.82, 2.24) is 0 Å². The molecular formula is C14H27NO3. The van der Waals surface area contributed by atoms with Crippen LogP contribution in [0.5, 0.6) is 0 Å². The van der Waals surface area contributed by atoms with E-state index in [1.807, 2.05) is 20.8 Å². The Kier molecular flexibility index (Phi) is 4.78. The van der Waals surface area contributed by atoms with Crippen LogP contribution in [-0.4, -0.2) is 28.8 Å². The molecular weight excluding hydrogens is 230 g/mol. The monoisotopic (exact) mass is 257 g/mol. The summed E-state index contributed by atoms with van der Waals surface area (Å²) in [5, 5.41) is 10.4. The number of aliphatic hydroxyl groups is 1. The van der Waals surface area contributed by atoms with Crippen LogP contribution in [0.25, 0.3) is 0 Å². The third kappa shape index (κ3) is 3.95. The number of rotatable bonds is 3. The maximum Gasteiger partial charge on any atom is 0.338 e. The Morgan fingerprint density at radius 2 is 1.72 bits per heavy atom. The molecule has 0 aromatic heterocycles. The van der Waals surface area contributed by atoms with Gasteiger partial charge in [0, 0.05) is 0 Å². The summed E-state index contributed by atoms with van der Waals surface area (Å²) >= 11 is 0. The van der Waals surface area contributed by atoms with Crippen molar-refractivity contribution >= 4 is 5.97 Å². The highest BCUT2D eigenvalue weighted by Crippen LogP contribution is 2.36. The molecule has 0 saturated heterocycles. The van der Waals surface area contributed by atoms with Gasteiger partial charge in [-0.05, 0) is 71.8 Å². The summed E-state index contributed by atoms with van der Waals surface area (Å²) in [6, 6.07) is 0. The van der Waals surface area contributed by atoms with Gasteiger partial charge in [-0.3, -0.25) is 0 Å². The van der Waals surface area contributed by atoms with E-state index < -0.39 is 17.2 Å². The number of nitrogens with two attached hydrogens (primary N) is 1. The average molecular weight is 257 g/mol. The van der Waals surface area contributed by atoms with Crippen LogP contribution in [0.15, 0.2) is 0 Å². The smallest absolute Gasteiger partial charge is 0.338 e. The van der Waals surface area contributed by atoms with Crippen LogP contribution in [0.3, 0.4) is 0 Å². The first-order valence-corrected chi connectivity index (χ1v) is 6.82. The number of ether oxygens (including phenoxy) is 1. The first kappa shape index (κ1) is 15.4. The van der Waals surface area contributed by atoms with Gasteiger partial charge in [-0.1, -0.05) is 0 Å². The minimum atomic E-state index is -1.38. The second-order valence-electron chi connectivity index (χ2n) is 6.60. The summed E-state index contributed by atoms with van der Waals surface area (Å²) < 4.78 is 5.30. The van der Waals surface area contributed by atoms with Gasteiger partial charge in [-0.15, -0.1) is 0 Å². The van der Waals surface area contributed by atoms with Gasteiger partial charge in [0.05, 0.1) is 0 Å². The van der Waals surface area contributed by atoms with Gasteiger partial charge in [-0.2, -0.15) is 0 Å². The minimum absolute atomic E-state index is 0.0184. The van der Waals surface area contributed by atoms with Crippen molar-refractivity contribution in [3.8, 4) is 0 Å². The van der Waals surface area contributed by atoms with E-state index in [0.717, 1.165) is 25.7 Å². The Balaban J connectivity index is 2.61. The van der Waals surface area contributed by atoms with Crippen LogP contribution in [0.1, 0.15) is 53.4 Å². The van der Waals surface area contributed by atoms with E-state index in [4.69, 9.17) is 10.5 Å². The molecule has 4 heteroatoms. The minimum Gasteiger partial charge on any atom is -0.458 e. The van der Waals surface area contributed by atoms with E-state index in [0.29, 0.717) is 12.5 Å². The van der Waals surface area contributed by atoms with Crippen molar-refractivity contribution in [3.05, 3.63) is 0 Å². The summed E-state index contributed by atoms with van der Waals surface area (Å²) in [5.74, 6) is 0.0111. The number of hydrogen-bond acceptors (Lipinski definition) is 4. The number of carbonyl (C=O) groups excluding carboxylic acids is 1. The molecule has 0 heterocycles. The van der Waals surface area contributed by atoms with E-state index in [-0.39, 0.29) is 5.92 Å². The van der Waals surface area contributed by atoms with Crippen LogP contribution in [0.4, 0.5) is 0 Å². The summed E-state index contributed by atoms with van der Waals surface area (Å²) in [7, 11) is 0. The first-order valence-electron chi connectivity index (χ1n) is 6.82. The maximum atomic E-state index is 12.0. The molecule has 1 saturated carbocycles. The van der Waals surface area contributed by atoms with Crippen LogP contribution < -0.4 is 5.73 Å². The van der Waals surface area contributed by atoms with E-state index in [2.05, 4.69) is 0 Å². The molecule has 0 spiro atoms. The Labute approximate surface area is 110 Å². The Hall–Kier alpha value is -0.610. The number of carbonyl (C=O) groups is 1. The first-order chi connectivity index (χ1) is 8.16. The zero-order chi connectivity index (χ0) is 14.0. The molecule has 1 atom stereocenters. The highest BCUT2D eigenvalue weighted by molar-refractivity contribution is 5.79. The van der Waals surface area contributed by atoms with Gasteiger partial charge in [0.25, 0.3) is 0 Å². The number of esters is 1. The average Bonchev–Trinajstić information content (AvgIpc) is 2.27. The molecule has 1 fully saturated rings. The lowest BCUT2D eigenvalue weighted by molar-refractivity contribution is -0.182. The molecule has 18 heavy (non-hydrogen) atoms. The Morgan fingerprint density at radius 1 is 1.22 bits per heavy atom. The third-order valence-corrected chi connectivity index (χ3v) is 3.79. The van der Waals surface area contributed by atoms with Crippen molar-refractivity contribution in [2.24, 2.45) is 17.6 Å². The molecule has 1 rings (SSSR count). The maximum absolute atomic E-state index is 12.0. The lowest BCUT2D eigenvalue weighted by Crippen LogP contribution is -2.48. The summed E-state index contributed by atoms with van der Waals surface area (Å²) in [4.78, 5) is 12.0. The lowest BCUT2D eigenvalue weighted by Gasteiger charge is -2.37. The molecule has 0 radical (unpaired) electrons. The third-order valence-electron chi connectivity index (χ3n) is 3.79. The SMILES string of the molecule is CC(C)(C)OC(=O)C(C)(O)C1CCC(CN)CC1. The van der Waals surface area contributed by atoms with Gasteiger partial charge in [-0.25, -0.2) is 4.79 Å². The van der Waals surface area contributed by atoms with Gasteiger partial charge in [0.1, 0.15) is 5.60 Å². The fraction of sp³-hybridized carbons (Fsp3) is 0.929. The largest absolute Gasteiger partial charge is 0.458 e. The van der Waals surface area contributed by atoms with Crippen molar-refractivity contribution in [1.29, 1.82) is 0 Å².